The topological polar surface area (TPSA) is 46.5 Å². The van der Waals surface area contributed by atoms with E-state index in [1.165, 1.54) is 0 Å². The first kappa shape index (κ1) is 12.4. The summed E-state index contributed by atoms with van der Waals surface area (Å²) in [6.07, 6.45) is 2.03. The number of alkyl halides is 1. The van der Waals surface area contributed by atoms with Gasteiger partial charge in [0.2, 0.25) is 0 Å². The molecule has 0 aromatic heterocycles. The largest absolute Gasteiger partial charge is 0.483 e. The first-order valence-electron chi connectivity index (χ1n) is 5.27. The van der Waals surface area contributed by atoms with E-state index in [9.17, 15) is 4.79 Å². The van der Waals surface area contributed by atoms with E-state index < -0.39 is 5.97 Å². The molecular weight excluding hydrogens is 331 g/mol. The minimum absolute atomic E-state index is 0.288. The molecule has 0 aliphatic carbocycles. The van der Waals surface area contributed by atoms with Crippen LogP contribution in [-0.4, -0.2) is 21.1 Å². The van der Waals surface area contributed by atoms with Gasteiger partial charge in [-0.1, -0.05) is 22.6 Å². The van der Waals surface area contributed by atoms with E-state index in [1.807, 2.05) is 19.9 Å². The van der Waals surface area contributed by atoms with Crippen molar-refractivity contribution in [3.8, 4) is 5.75 Å². The van der Waals surface area contributed by atoms with Crippen LogP contribution in [0.2, 0.25) is 0 Å². The Morgan fingerprint density at radius 1 is 1.47 bits per heavy atom. The Bertz CT molecular complexity index is 503. The molecule has 0 bridgehead atoms. The van der Waals surface area contributed by atoms with Crippen LogP contribution >= 0.6 is 22.6 Å². The van der Waals surface area contributed by atoms with Crippen molar-refractivity contribution >= 4 is 34.6 Å². The van der Waals surface area contributed by atoms with Gasteiger partial charge in [-0.25, -0.2) is 4.79 Å². The zero-order valence-corrected chi connectivity index (χ0v) is 11.8. The third kappa shape index (κ3) is 2.31. The summed E-state index contributed by atoms with van der Waals surface area (Å²) in [6, 6.07) is 4.94. The lowest BCUT2D eigenvalue weighted by Gasteiger charge is -2.33. The maximum atomic E-state index is 10.9. The van der Waals surface area contributed by atoms with Gasteiger partial charge in [-0.15, -0.1) is 0 Å². The van der Waals surface area contributed by atoms with Crippen molar-refractivity contribution in [1.29, 1.82) is 0 Å². The average molecular weight is 344 g/mol. The molecule has 1 aliphatic heterocycles. The molecule has 0 saturated heterocycles. The fourth-order valence-corrected chi connectivity index (χ4v) is 2.93. The molecule has 2 rings (SSSR count). The van der Waals surface area contributed by atoms with Gasteiger partial charge in [-0.05, 0) is 43.7 Å². The fraction of sp³-hybridized carbons (Fsp3) is 0.308. The van der Waals surface area contributed by atoms with E-state index >= 15 is 0 Å². The van der Waals surface area contributed by atoms with Gasteiger partial charge in [0.05, 0.1) is 5.56 Å². The highest BCUT2D eigenvalue weighted by molar-refractivity contribution is 14.1. The lowest BCUT2D eigenvalue weighted by atomic mass is 9.93. The van der Waals surface area contributed by atoms with Crippen molar-refractivity contribution < 1.29 is 14.6 Å². The fourth-order valence-electron chi connectivity index (χ4n) is 1.79. The Balaban J connectivity index is 2.51. The molecule has 4 heteroatoms. The van der Waals surface area contributed by atoms with E-state index in [0.717, 1.165) is 21.3 Å². The van der Waals surface area contributed by atoms with Crippen LogP contribution in [0, 0.1) is 0 Å². The van der Waals surface area contributed by atoms with Crippen LogP contribution in [0.25, 0.3) is 6.08 Å². The first-order valence-corrected chi connectivity index (χ1v) is 6.80. The number of benzene rings is 1. The van der Waals surface area contributed by atoms with Gasteiger partial charge < -0.3 is 9.84 Å². The number of halogens is 1. The Hall–Kier alpha value is -1.04. The minimum atomic E-state index is -0.915. The predicted molar refractivity (Wildman–Crippen MR) is 75.0 cm³/mol. The van der Waals surface area contributed by atoms with Gasteiger partial charge >= 0.3 is 5.97 Å². The second-order valence-electron chi connectivity index (χ2n) is 4.47. The summed E-state index contributed by atoms with van der Waals surface area (Å²) in [4.78, 5) is 10.9. The molecule has 1 N–H and O–H groups in total. The van der Waals surface area contributed by atoms with Crippen LogP contribution in [0.1, 0.15) is 29.8 Å². The van der Waals surface area contributed by atoms with Crippen molar-refractivity contribution in [3.63, 3.8) is 0 Å². The van der Waals surface area contributed by atoms with Crippen LogP contribution in [0.15, 0.2) is 23.8 Å². The molecule has 0 fully saturated rings. The Morgan fingerprint density at radius 3 is 2.76 bits per heavy atom. The summed E-state index contributed by atoms with van der Waals surface area (Å²) >= 11 is 2.29. The summed E-state index contributed by atoms with van der Waals surface area (Å²) in [5, 5.41) is 8.95. The van der Waals surface area contributed by atoms with Crippen molar-refractivity contribution in [1.82, 2.24) is 0 Å². The number of fused-ring (bicyclic) bond motifs is 1. The second-order valence-corrected chi connectivity index (χ2v) is 5.24. The quantitative estimate of drug-likeness (QED) is 0.661. The SMILES string of the molecule is CC1(C)Oc2ccc(C(=O)O)cc2C=C1CI. The smallest absolute Gasteiger partial charge is 0.335 e. The molecule has 0 atom stereocenters. The molecule has 0 amide bonds. The summed E-state index contributed by atoms with van der Waals surface area (Å²) in [6.45, 7) is 4.04. The zero-order valence-electron chi connectivity index (χ0n) is 9.66. The number of hydrogen-bond acceptors (Lipinski definition) is 2. The van der Waals surface area contributed by atoms with Crippen LogP contribution in [0.4, 0.5) is 0 Å². The van der Waals surface area contributed by atoms with E-state index in [0.29, 0.717) is 0 Å². The standard InChI is InChI=1S/C13H13IO3/c1-13(2)10(7-14)6-9-5-8(12(15)16)3-4-11(9)17-13/h3-6H,7H2,1-2H3,(H,15,16). The summed E-state index contributed by atoms with van der Waals surface area (Å²) in [5.41, 5.74) is 1.97. The third-order valence-corrected chi connectivity index (χ3v) is 3.69. The molecule has 0 spiro atoms. The van der Waals surface area contributed by atoms with Crippen LogP contribution in [0.5, 0.6) is 5.75 Å². The molecule has 0 radical (unpaired) electrons. The molecule has 17 heavy (non-hydrogen) atoms. The molecule has 90 valence electrons. The van der Waals surface area contributed by atoms with Crippen molar-refractivity contribution in [2.45, 2.75) is 19.4 Å². The summed E-state index contributed by atoms with van der Waals surface area (Å²) in [5.74, 6) is -0.171. The van der Waals surface area contributed by atoms with Gasteiger partial charge in [0.1, 0.15) is 11.4 Å². The Labute approximate surface area is 114 Å². The van der Waals surface area contributed by atoms with Crippen LogP contribution in [0.3, 0.4) is 0 Å². The van der Waals surface area contributed by atoms with E-state index in [1.54, 1.807) is 18.2 Å². The van der Waals surface area contributed by atoms with Crippen LogP contribution in [-0.2, 0) is 0 Å². The highest BCUT2D eigenvalue weighted by Gasteiger charge is 2.29. The maximum Gasteiger partial charge on any atom is 0.335 e. The number of carboxylic acid groups (broad SMARTS) is 1. The maximum absolute atomic E-state index is 10.9. The third-order valence-electron chi connectivity index (χ3n) is 2.87. The number of hydrogen-bond donors (Lipinski definition) is 1. The van der Waals surface area contributed by atoms with E-state index in [-0.39, 0.29) is 11.2 Å². The first-order chi connectivity index (χ1) is 7.94. The molecule has 1 heterocycles. The van der Waals surface area contributed by atoms with Gasteiger partial charge in [0.25, 0.3) is 0 Å². The molecule has 1 aromatic rings. The lowest BCUT2D eigenvalue weighted by Crippen LogP contribution is -2.33. The number of carbonyl (C=O) groups is 1. The number of ether oxygens (including phenoxy) is 1. The normalized spacial score (nSPS) is 16.8. The zero-order chi connectivity index (χ0) is 12.6. The van der Waals surface area contributed by atoms with Crippen LogP contribution < -0.4 is 4.74 Å². The molecule has 3 nitrogen and oxygen atoms in total. The van der Waals surface area contributed by atoms with E-state index in [4.69, 9.17) is 9.84 Å². The molecular formula is C13H13IO3. The van der Waals surface area contributed by atoms with E-state index in [2.05, 4.69) is 22.6 Å². The Kier molecular flexibility index (Phi) is 3.16. The lowest BCUT2D eigenvalue weighted by molar-refractivity contribution is 0.0696. The second kappa shape index (κ2) is 4.33. The van der Waals surface area contributed by atoms with Gasteiger partial charge in [0.15, 0.2) is 0 Å². The average Bonchev–Trinajstić information content (AvgIpc) is 2.26. The number of aromatic carboxylic acids is 1. The van der Waals surface area contributed by atoms with Crippen molar-refractivity contribution in [2.75, 3.05) is 4.43 Å². The van der Waals surface area contributed by atoms with Gasteiger partial charge in [-0.2, -0.15) is 0 Å². The predicted octanol–water partition coefficient (Wildman–Crippen LogP) is 3.37. The monoisotopic (exact) mass is 344 g/mol. The van der Waals surface area contributed by atoms with Crippen molar-refractivity contribution in [3.05, 3.63) is 34.9 Å². The van der Waals surface area contributed by atoms with Gasteiger partial charge in [0, 0.05) is 9.99 Å². The summed E-state index contributed by atoms with van der Waals surface area (Å²) in [7, 11) is 0. The number of carboxylic acids is 1. The summed E-state index contributed by atoms with van der Waals surface area (Å²) < 4.78 is 6.75. The Morgan fingerprint density at radius 2 is 2.18 bits per heavy atom. The molecule has 1 aliphatic rings. The highest BCUT2D eigenvalue weighted by Crippen LogP contribution is 2.36. The number of rotatable bonds is 2. The van der Waals surface area contributed by atoms with Crippen molar-refractivity contribution in [2.24, 2.45) is 0 Å². The highest BCUT2D eigenvalue weighted by atomic mass is 127. The van der Waals surface area contributed by atoms with Gasteiger partial charge in [-0.3, -0.25) is 0 Å². The molecule has 1 aromatic carbocycles. The minimum Gasteiger partial charge on any atom is -0.483 e. The molecule has 0 unspecified atom stereocenters. The molecule has 0 saturated carbocycles.